The summed E-state index contributed by atoms with van der Waals surface area (Å²) in [5.41, 5.74) is 1.55. The predicted octanol–water partition coefficient (Wildman–Crippen LogP) is 3.25. The molecule has 142 valence electrons. The van der Waals surface area contributed by atoms with Crippen molar-refractivity contribution in [3.63, 3.8) is 0 Å². The van der Waals surface area contributed by atoms with Gasteiger partial charge < -0.3 is 19.7 Å². The van der Waals surface area contributed by atoms with E-state index >= 15 is 0 Å². The van der Waals surface area contributed by atoms with E-state index in [0.717, 1.165) is 5.56 Å². The van der Waals surface area contributed by atoms with Crippen LogP contribution in [0.2, 0.25) is 0 Å². The van der Waals surface area contributed by atoms with Gasteiger partial charge in [0.05, 0.1) is 26.2 Å². The zero-order valence-corrected chi connectivity index (χ0v) is 15.8. The minimum absolute atomic E-state index is 0.0518. The van der Waals surface area contributed by atoms with Crippen LogP contribution >= 0.6 is 0 Å². The van der Waals surface area contributed by atoms with E-state index in [1.54, 1.807) is 44.4 Å². The molecule has 1 aliphatic rings. The second-order valence-corrected chi connectivity index (χ2v) is 6.60. The van der Waals surface area contributed by atoms with Crippen LogP contribution in [0, 0.1) is 5.92 Å². The fourth-order valence-electron chi connectivity index (χ4n) is 3.53. The monoisotopic (exact) mass is 368 g/mol. The number of benzene rings is 2. The van der Waals surface area contributed by atoms with Gasteiger partial charge in [0.2, 0.25) is 11.8 Å². The number of carbonyl (C=O) groups excluding carboxylic acids is 2. The van der Waals surface area contributed by atoms with Crippen molar-refractivity contribution in [1.29, 1.82) is 0 Å². The van der Waals surface area contributed by atoms with E-state index in [2.05, 4.69) is 5.32 Å². The number of piperidine rings is 1. The summed E-state index contributed by atoms with van der Waals surface area (Å²) in [6, 6.07) is 14.6. The number of carbonyl (C=O) groups is 2. The summed E-state index contributed by atoms with van der Waals surface area (Å²) < 4.78 is 10.5. The number of hydrogen-bond acceptors (Lipinski definition) is 4. The van der Waals surface area contributed by atoms with Crippen molar-refractivity contribution in [2.75, 3.05) is 26.6 Å². The highest BCUT2D eigenvalue weighted by Crippen LogP contribution is 2.37. The van der Waals surface area contributed by atoms with E-state index in [9.17, 15) is 9.59 Å². The standard InChI is InChI=1S/C21H24N2O4/c1-23-19(24)10-9-18(20(23)14-7-5-4-6-8-14)21(25)22-15-11-16(26-2)13-17(12-15)27-3/h4-8,11-13,18,20H,9-10H2,1-3H3,(H,22,25)/t18-,20-/m0/s1. The molecular formula is C21H24N2O4. The topological polar surface area (TPSA) is 67.9 Å². The molecular weight excluding hydrogens is 344 g/mol. The summed E-state index contributed by atoms with van der Waals surface area (Å²) in [7, 11) is 4.88. The largest absolute Gasteiger partial charge is 0.497 e. The summed E-state index contributed by atoms with van der Waals surface area (Å²) >= 11 is 0. The van der Waals surface area contributed by atoms with Crippen LogP contribution in [0.1, 0.15) is 24.4 Å². The lowest BCUT2D eigenvalue weighted by Gasteiger charge is -2.38. The minimum atomic E-state index is -0.340. The molecule has 0 aliphatic carbocycles. The smallest absolute Gasteiger partial charge is 0.229 e. The van der Waals surface area contributed by atoms with Gasteiger partial charge in [-0.1, -0.05) is 30.3 Å². The van der Waals surface area contributed by atoms with Crippen LogP contribution < -0.4 is 14.8 Å². The average Bonchev–Trinajstić information content (AvgIpc) is 2.70. The Bertz CT molecular complexity index is 800. The maximum absolute atomic E-state index is 13.1. The molecule has 0 radical (unpaired) electrons. The van der Waals surface area contributed by atoms with Crippen molar-refractivity contribution < 1.29 is 19.1 Å². The van der Waals surface area contributed by atoms with Crippen molar-refractivity contribution in [1.82, 2.24) is 4.90 Å². The Hall–Kier alpha value is -3.02. The molecule has 6 heteroatoms. The highest BCUT2D eigenvalue weighted by Gasteiger charge is 2.38. The fraction of sp³-hybridized carbons (Fsp3) is 0.333. The van der Waals surface area contributed by atoms with E-state index in [1.165, 1.54) is 0 Å². The molecule has 2 amide bonds. The van der Waals surface area contributed by atoms with Gasteiger partial charge >= 0.3 is 0 Å². The lowest BCUT2D eigenvalue weighted by molar-refractivity contribution is -0.140. The highest BCUT2D eigenvalue weighted by atomic mass is 16.5. The summed E-state index contributed by atoms with van der Waals surface area (Å²) in [6.45, 7) is 0. The first kappa shape index (κ1) is 18.8. The minimum Gasteiger partial charge on any atom is -0.497 e. The third-order valence-electron chi connectivity index (χ3n) is 4.96. The number of likely N-dealkylation sites (tertiary alicyclic amines) is 1. The van der Waals surface area contributed by atoms with Crippen LogP contribution in [0.15, 0.2) is 48.5 Å². The Labute approximate surface area is 159 Å². The van der Waals surface area contributed by atoms with Crippen LogP contribution in [0.25, 0.3) is 0 Å². The molecule has 2 aromatic carbocycles. The Morgan fingerprint density at radius 1 is 1.07 bits per heavy atom. The van der Waals surface area contributed by atoms with Gasteiger partial charge in [0.25, 0.3) is 0 Å². The number of rotatable bonds is 5. The number of hydrogen-bond donors (Lipinski definition) is 1. The Morgan fingerprint density at radius 2 is 1.70 bits per heavy atom. The van der Waals surface area contributed by atoms with Crippen LogP contribution in [-0.2, 0) is 9.59 Å². The van der Waals surface area contributed by atoms with Gasteiger partial charge in [0.1, 0.15) is 11.5 Å². The molecule has 0 spiro atoms. The number of methoxy groups -OCH3 is 2. The summed E-state index contributed by atoms with van der Waals surface area (Å²) in [5, 5.41) is 2.96. The van der Waals surface area contributed by atoms with Gasteiger partial charge in [-0.15, -0.1) is 0 Å². The van der Waals surface area contributed by atoms with Crippen LogP contribution in [0.5, 0.6) is 11.5 Å². The molecule has 0 saturated carbocycles. The maximum Gasteiger partial charge on any atom is 0.229 e. The van der Waals surface area contributed by atoms with Crippen LogP contribution in [0.3, 0.4) is 0 Å². The number of ether oxygens (including phenoxy) is 2. The van der Waals surface area contributed by atoms with Crippen molar-refractivity contribution in [3.05, 3.63) is 54.1 Å². The molecule has 0 bridgehead atoms. The first-order valence-corrected chi connectivity index (χ1v) is 8.88. The van der Waals surface area contributed by atoms with E-state index < -0.39 is 0 Å². The molecule has 1 fully saturated rings. The van der Waals surface area contributed by atoms with Gasteiger partial charge in [-0.25, -0.2) is 0 Å². The van der Waals surface area contributed by atoms with E-state index in [0.29, 0.717) is 30.0 Å². The summed E-state index contributed by atoms with van der Waals surface area (Å²) in [4.78, 5) is 27.0. The molecule has 27 heavy (non-hydrogen) atoms. The first-order valence-electron chi connectivity index (χ1n) is 8.88. The molecule has 1 heterocycles. The molecule has 2 atom stereocenters. The normalized spacial score (nSPS) is 19.5. The lowest BCUT2D eigenvalue weighted by atomic mass is 9.84. The Kier molecular flexibility index (Phi) is 5.64. The summed E-state index contributed by atoms with van der Waals surface area (Å²) in [5.74, 6) is 0.780. The van der Waals surface area contributed by atoms with Crippen LogP contribution in [-0.4, -0.2) is 38.0 Å². The van der Waals surface area contributed by atoms with E-state index in [-0.39, 0.29) is 23.8 Å². The Balaban J connectivity index is 1.87. The number of nitrogens with one attached hydrogen (secondary N) is 1. The molecule has 0 aromatic heterocycles. The maximum atomic E-state index is 13.1. The quantitative estimate of drug-likeness (QED) is 0.880. The zero-order valence-electron chi connectivity index (χ0n) is 15.8. The number of anilines is 1. The molecule has 1 aliphatic heterocycles. The SMILES string of the molecule is COc1cc(NC(=O)[C@H]2CCC(=O)N(C)[C@H]2c2ccccc2)cc(OC)c1. The van der Waals surface area contributed by atoms with Gasteiger partial charge in [0, 0.05) is 37.4 Å². The molecule has 3 rings (SSSR count). The van der Waals surface area contributed by atoms with Gasteiger partial charge in [-0.3, -0.25) is 9.59 Å². The summed E-state index contributed by atoms with van der Waals surface area (Å²) in [6.07, 6.45) is 0.870. The second kappa shape index (κ2) is 8.12. The molecule has 0 unspecified atom stereocenters. The molecule has 2 aromatic rings. The third kappa shape index (κ3) is 4.05. The molecule has 6 nitrogen and oxygen atoms in total. The first-order chi connectivity index (χ1) is 13.0. The van der Waals surface area contributed by atoms with Crippen molar-refractivity contribution in [2.24, 2.45) is 5.92 Å². The Morgan fingerprint density at radius 3 is 2.30 bits per heavy atom. The van der Waals surface area contributed by atoms with Gasteiger partial charge in [-0.05, 0) is 12.0 Å². The van der Waals surface area contributed by atoms with Crippen LogP contribution in [0.4, 0.5) is 5.69 Å². The highest BCUT2D eigenvalue weighted by molar-refractivity contribution is 5.95. The number of nitrogens with zero attached hydrogens (tertiary/aromatic N) is 1. The van der Waals surface area contributed by atoms with Crippen molar-refractivity contribution in [3.8, 4) is 11.5 Å². The zero-order chi connectivity index (χ0) is 19.4. The predicted molar refractivity (Wildman–Crippen MR) is 103 cm³/mol. The molecule has 1 N–H and O–H groups in total. The van der Waals surface area contributed by atoms with E-state index in [4.69, 9.17) is 9.47 Å². The number of amides is 2. The van der Waals surface area contributed by atoms with Gasteiger partial charge in [-0.2, -0.15) is 0 Å². The van der Waals surface area contributed by atoms with Gasteiger partial charge in [0.15, 0.2) is 0 Å². The third-order valence-corrected chi connectivity index (χ3v) is 4.96. The second-order valence-electron chi connectivity index (χ2n) is 6.60. The van der Waals surface area contributed by atoms with Crippen molar-refractivity contribution in [2.45, 2.75) is 18.9 Å². The average molecular weight is 368 g/mol. The lowest BCUT2D eigenvalue weighted by Crippen LogP contribution is -2.44. The van der Waals surface area contributed by atoms with Crippen molar-refractivity contribution >= 4 is 17.5 Å². The molecule has 1 saturated heterocycles. The van der Waals surface area contributed by atoms with E-state index in [1.807, 2.05) is 30.3 Å². The fourth-order valence-corrected chi connectivity index (χ4v) is 3.53.